The van der Waals surface area contributed by atoms with Gasteiger partial charge in [0.1, 0.15) is 11.5 Å². The molecule has 1 heterocycles. The zero-order valence-electron chi connectivity index (χ0n) is 20.0. The second-order valence-corrected chi connectivity index (χ2v) is 14.2. The molecule has 3 atom stereocenters. The van der Waals surface area contributed by atoms with E-state index in [9.17, 15) is 4.57 Å². The molecule has 2 unspecified atom stereocenters. The summed E-state index contributed by atoms with van der Waals surface area (Å²) in [4.78, 5) is 0. The summed E-state index contributed by atoms with van der Waals surface area (Å²) >= 11 is 11.8. The van der Waals surface area contributed by atoms with Crippen molar-refractivity contribution in [3.05, 3.63) is 64.7 Å². The first-order chi connectivity index (χ1) is 16.1. The van der Waals surface area contributed by atoms with Crippen LogP contribution in [0.3, 0.4) is 0 Å². The minimum absolute atomic E-state index is 0.220. The van der Waals surface area contributed by atoms with Crippen molar-refractivity contribution in [1.82, 2.24) is 5.09 Å². The van der Waals surface area contributed by atoms with E-state index in [2.05, 4.69) is 5.09 Å². The highest BCUT2D eigenvalue weighted by Crippen LogP contribution is 2.69. The quantitative estimate of drug-likeness (QED) is 0.312. The third-order valence-electron chi connectivity index (χ3n) is 5.38. The Hall–Kier alpha value is -0.790. The van der Waals surface area contributed by atoms with Crippen molar-refractivity contribution < 1.29 is 27.4 Å². The maximum atomic E-state index is 14.4. The van der Waals surface area contributed by atoms with Gasteiger partial charge < -0.3 is 18.3 Å². The summed E-state index contributed by atoms with van der Waals surface area (Å²) in [5, 5.41) is 3.83. The molecule has 1 fully saturated rings. The predicted octanol–water partition coefficient (Wildman–Crippen LogP) is 7.24. The molecule has 1 saturated heterocycles. The van der Waals surface area contributed by atoms with Crippen molar-refractivity contribution in [1.29, 1.82) is 0 Å². The molecule has 0 aromatic heterocycles. The van der Waals surface area contributed by atoms with Gasteiger partial charge in [0.05, 0.1) is 33.0 Å². The van der Waals surface area contributed by atoms with Crippen molar-refractivity contribution in [2.24, 2.45) is 5.41 Å². The van der Waals surface area contributed by atoms with Crippen molar-refractivity contribution in [2.45, 2.75) is 39.6 Å². The molecular weight excluding hydrogens is 516 g/mol. The fraction of sp³-hybridized carbons (Fsp3) is 0.478. The van der Waals surface area contributed by atoms with Gasteiger partial charge in [-0.05, 0) is 61.0 Å². The van der Waals surface area contributed by atoms with Crippen molar-refractivity contribution in [2.75, 3.05) is 26.9 Å². The monoisotopic (exact) mass is 547 g/mol. The molecule has 0 bridgehead atoms. The number of rotatable bonds is 10. The van der Waals surface area contributed by atoms with E-state index in [-0.39, 0.29) is 6.61 Å². The maximum absolute atomic E-state index is 14.4. The standard InChI is InChI=1S/C23H32ClNO6P2S/c1-6-28-33(34,29-7-2)25-22(18-10-14-20(27-5)15-11-18)32(26)30-16-23(3,4)21(31-32)17-8-12-19(24)13-9-17/h8-15,21-22H,6-7,16H2,1-5H3,(H,25,34)/t21-,22?,32?/m0/s1. The van der Waals surface area contributed by atoms with Crippen LogP contribution < -0.4 is 9.82 Å². The molecule has 0 aliphatic carbocycles. The van der Waals surface area contributed by atoms with Gasteiger partial charge in [0.15, 0.2) is 0 Å². The van der Waals surface area contributed by atoms with Gasteiger partial charge >= 0.3 is 7.60 Å². The Morgan fingerprint density at radius 3 is 2.26 bits per heavy atom. The highest BCUT2D eigenvalue weighted by Gasteiger charge is 2.50. The van der Waals surface area contributed by atoms with E-state index < -0.39 is 31.5 Å². The van der Waals surface area contributed by atoms with Crippen molar-refractivity contribution >= 4 is 37.6 Å². The Morgan fingerprint density at radius 1 is 1.15 bits per heavy atom. The average Bonchev–Trinajstić information content (AvgIpc) is 2.80. The van der Waals surface area contributed by atoms with Crippen LogP contribution in [0.2, 0.25) is 5.02 Å². The lowest BCUT2D eigenvalue weighted by molar-refractivity contribution is -0.0300. The minimum atomic E-state index is -3.81. The van der Waals surface area contributed by atoms with Gasteiger partial charge in [-0.1, -0.05) is 49.7 Å². The Balaban J connectivity index is 2.04. The van der Waals surface area contributed by atoms with E-state index in [4.69, 9.17) is 46.2 Å². The summed E-state index contributed by atoms with van der Waals surface area (Å²) in [6.07, 6.45) is -0.496. The Kier molecular flexibility index (Phi) is 9.41. The van der Waals surface area contributed by atoms with Gasteiger partial charge in [-0.3, -0.25) is 9.09 Å². The van der Waals surface area contributed by atoms with Crippen LogP contribution in [-0.2, 0) is 34.5 Å². The third-order valence-corrected chi connectivity index (χ3v) is 10.6. The van der Waals surface area contributed by atoms with Crippen LogP contribution >= 0.6 is 25.8 Å². The zero-order valence-corrected chi connectivity index (χ0v) is 23.4. The molecule has 0 saturated carbocycles. The molecule has 1 aliphatic rings. The molecule has 2 aromatic carbocycles. The summed E-state index contributed by atoms with van der Waals surface area (Å²) in [7, 11) is -2.22. The number of ether oxygens (including phenoxy) is 1. The first-order valence-corrected chi connectivity index (χ1v) is 15.7. The topological polar surface area (TPSA) is 75.3 Å². The largest absolute Gasteiger partial charge is 0.497 e. The van der Waals surface area contributed by atoms with Crippen LogP contribution in [0, 0.1) is 5.41 Å². The van der Waals surface area contributed by atoms with Gasteiger partial charge in [-0.25, -0.2) is 5.09 Å². The van der Waals surface area contributed by atoms with Gasteiger partial charge in [0.25, 0.3) is 6.64 Å². The molecule has 1 N–H and O–H groups in total. The second-order valence-electron chi connectivity index (χ2n) is 8.48. The van der Waals surface area contributed by atoms with E-state index in [1.54, 1.807) is 43.5 Å². The van der Waals surface area contributed by atoms with Crippen LogP contribution in [0.15, 0.2) is 48.5 Å². The van der Waals surface area contributed by atoms with Gasteiger partial charge in [-0.2, -0.15) is 0 Å². The van der Waals surface area contributed by atoms with Crippen LogP contribution in [0.5, 0.6) is 5.75 Å². The second kappa shape index (κ2) is 11.5. The van der Waals surface area contributed by atoms with Crippen LogP contribution in [0.1, 0.15) is 50.7 Å². The molecule has 0 amide bonds. The van der Waals surface area contributed by atoms with Crippen LogP contribution in [0.4, 0.5) is 0 Å². The molecule has 34 heavy (non-hydrogen) atoms. The van der Waals surface area contributed by atoms with E-state index in [1.807, 2.05) is 39.8 Å². The Bertz CT molecular complexity index is 1040. The third kappa shape index (κ3) is 6.50. The average molecular weight is 548 g/mol. The van der Waals surface area contributed by atoms with E-state index in [0.717, 1.165) is 5.56 Å². The summed E-state index contributed by atoms with van der Waals surface area (Å²) < 4.78 is 43.6. The van der Waals surface area contributed by atoms with E-state index in [1.165, 1.54) is 0 Å². The predicted molar refractivity (Wildman–Crippen MR) is 139 cm³/mol. The van der Waals surface area contributed by atoms with E-state index >= 15 is 0 Å². The summed E-state index contributed by atoms with van der Waals surface area (Å²) in [5.74, 6) is -0.242. The van der Waals surface area contributed by atoms with Crippen molar-refractivity contribution in [3.8, 4) is 5.75 Å². The zero-order chi connectivity index (χ0) is 25.0. The Morgan fingerprint density at radius 2 is 1.74 bits per heavy atom. The summed E-state index contributed by atoms with van der Waals surface area (Å²) in [6, 6.07) is 14.5. The summed E-state index contributed by atoms with van der Waals surface area (Å²) in [6.45, 7) is 5.59. The maximum Gasteiger partial charge on any atom is 0.353 e. The molecule has 1 aliphatic heterocycles. The normalized spacial score (nSPS) is 23.4. The molecular formula is C23H32ClNO6P2S. The number of halogens is 1. The lowest BCUT2D eigenvalue weighted by Gasteiger charge is -2.44. The van der Waals surface area contributed by atoms with E-state index in [0.29, 0.717) is 29.5 Å². The minimum Gasteiger partial charge on any atom is -0.497 e. The molecule has 0 spiro atoms. The molecule has 0 radical (unpaired) electrons. The number of hydrogen-bond donors (Lipinski definition) is 1. The van der Waals surface area contributed by atoms with Gasteiger partial charge in [0, 0.05) is 10.4 Å². The van der Waals surface area contributed by atoms with Gasteiger partial charge in [0.2, 0.25) is 0 Å². The number of benzene rings is 2. The summed E-state index contributed by atoms with van der Waals surface area (Å²) in [5.41, 5.74) is 1.08. The van der Waals surface area contributed by atoms with Crippen LogP contribution in [-0.4, -0.2) is 26.9 Å². The fourth-order valence-corrected chi connectivity index (χ4v) is 9.42. The fourth-order valence-electron chi connectivity index (χ4n) is 3.65. The smallest absolute Gasteiger partial charge is 0.353 e. The molecule has 7 nitrogen and oxygen atoms in total. The number of nitrogens with one attached hydrogen (secondary N) is 1. The molecule has 3 rings (SSSR count). The first-order valence-electron chi connectivity index (χ1n) is 11.0. The van der Waals surface area contributed by atoms with Gasteiger partial charge in [-0.15, -0.1) is 0 Å². The Labute approximate surface area is 212 Å². The van der Waals surface area contributed by atoms with Crippen molar-refractivity contribution in [3.63, 3.8) is 0 Å². The lowest BCUT2D eigenvalue weighted by Crippen LogP contribution is -2.36. The first kappa shape index (κ1) is 27.8. The number of methoxy groups -OCH3 is 1. The molecule has 2 aromatic rings. The van der Waals surface area contributed by atoms with Crippen LogP contribution in [0.25, 0.3) is 0 Å². The lowest BCUT2D eigenvalue weighted by atomic mass is 9.83. The SMILES string of the molecule is CCOP(=S)(NC(c1ccc(OC)cc1)P1(=O)OCC(C)(C)[C@H](c2ccc(Cl)cc2)O1)OCC. The molecule has 188 valence electrons. The highest BCUT2D eigenvalue weighted by molar-refractivity contribution is 8.09. The molecule has 11 heteroatoms. The highest BCUT2D eigenvalue weighted by atomic mass is 35.5. The number of hydrogen-bond acceptors (Lipinski definition) is 7.